The van der Waals surface area contributed by atoms with E-state index in [1.165, 1.54) is 5.56 Å². The summed E-state index contributed by atoms with van der Waals surface area (Å²) in [4.78, 5) is 0. The second-order valence-corrected chi connectivity index (χ2v) is 5.31. The van der Waals surface area contributed by atoms with E-state index in [0.717, 1.165) is 36.8 Å². The normalized spacial score (nSPS) is 10.4. The third-order valence-corrected chi connectivity index (χ3v) is 3.78. The Morgan fingerprint density at radius 2 is 1.71 bits per heavy atom. The molecule has 2 aromatic rings. The molecular weight excluding hydrogens is 286 g/mol. The molecule has 21 heavy (non-hydrogen) atoms. The number of methoxy groups -OCH3 is 2. The monoisotopic (exact) mass is 307 g/mol. The molecule has 0 atom stereocenters. The average molecular weight is 307 g/mol. The fraction of sp³-hybridized carbons (Fsp3) is 0.375. The smallest absolute Gasteiger partial charge is 0.126 e. The van der Waals surface area contributed by atoms with Gasteiger partial charge in [-0.25, -0.2) is 0 Å². The van der Waals surface area contributed by atoms with Crippen LogP contribution in [0, 0.1) is 0 Å². The molecule has 5 heteroatoms. The van der Waals surface area contributed by atoms with Crippen molar-refractivity contribution in [2.24, 2.45) is 0 Å². The molecule has 0 radical (unpaired) electrons. The highest BCUT2D eigenvalue weighted by Gasteiger charge is 2.02. The summed E-state index contributed by atoms with van der Waals surface area (Å²) in [6.07, 6.45) is 1.05. The molecule has 0 fully saturated rings. The van der Waals surface area contributed by atoms with Gasteiger partial charge in [-0.15, -0.1) is 0 Å². The van der Waals surface area contributed by atoms with Crippen LogP contribution in [0.15, 0.2) is 35.0 Å². The Kier molecular flexibility index (Phi) is 6.37. The van der Waals surface area contributed by atoms with Crippen LogP contribution in [0.25, 0.3) is 0 Å². The maximum atomic E-state index is 5.71. The SMILES string of the molecule is COc1cc(OC)cc(OCCNCCc2ccsc2)c1. The highest BCUT2D eigenvalue weighted by molar-refractivity contribution is 7.07. The molecule has 0 saturated heterocycles. The maximum absolute atomic E-state index is 5.71. The van der Waals surface area contributed by atoms with E-state index in [-0.39, 0.29) is 0 Å². The first kappa shape index (κ1) is 15.7. The molecular formula is C16H21NO3S. The fourth-order valence-electron chi connectivity index (χ4n) is 1.90. The largest absolute Gasteiger partial charge is 0.496 e. The van der Waals surface area contributed by atoms with Gasteiger partial charge in [0.1, 0.15) is 23.9 Å². The van der Waals surface area contributed by atoms with Crippen molar-refractivity contribution < 1.29 is 14.2 Å². The van der Waals surface area contributed by atoms with Crippen molar-refractivity contribution >= 4 is 11.3 Å². The zero-order valence-electron chi connectivity index (χ0n) is 12.4. The van der Waals surface area contributed by atoms with E-state index < -0.39 is 0 Å². The van der Waals surface area contributed by atoms with Gasteiger partial charge in [0.05, 0.1) is 14.2 Å². The molecule has 1 aromatic heterocycles. The minimum atomic E-state index is 0.611. The summed E-state index contributed by atoms with van der Waals surface area (Å²) in [6.45, 7) is 2.38. The van der Waals surface area contributed by atoms with E-state index in [9.17, 15) is 0 Å². The molecule has 0 aliphatic rings. The number of ether oxygens (including phenoxy) is 3. The van der Waals surface area contributed by atoms with Gasteiger partial charge in [0.15, 0.2) is 0 Å². The fourth-order valence-corrected chi connectivity index (χ4v) is 2.60. The van der Waals surface area contributed by atoms with Gasteiger partial charge in [-0.2, -0.15) is 11.3 Å². The average Bonchev–Trinajstić information content (AvgIpc) is 3.03. The first-order valence-electron chi connectivity index (χ1n) is 6.89. The first-order valence-corrected chi connectivity index (χ1v) is 7.84. The lowest BCUT2D eigenvalue weighted by atomic mass is 10.2. The quantitative estimate of drug-likeness (QED) is 0.723. The van der Waals surface area contributed by atoms with Crippen molar-refractivity contribution in [2.75, 3.05) is 33.9 Å². The van der Waals surface area contributed by atoms with Crippen LogP contribution < -0.4 is 19.5 Å². The molecule has 1 aromatic carbocycles. The molecule has 0 saturated carbocycles. The zero-order chi connectivity index (χ0) is 14.9. The second kappa shape index (κ2) is 8.54. The van der Waals surface area contributed by atoms with Crippen molar-refractivity contribution in [3.8, 4) is 17.2 Å². The summed E-state index contributed by atoms with van der Waals surface area (Å²) in [5, 5.41) is 7.66. The lowest BCUT2D eigenvalue weighted by Gasteiger charge is -2.10. The van der Waals surface area contributed by atoms with Crippen LogP contribution in [0.1, 0.15) is 5.56 Å². The van der Waals surface area contributed by atoms with E-state index in [0.29, 0.717) is 6.61 Å². The van der Waals surface area contributed by atoms with Gasteiger partial charge in [-0.3, -0.25) is 0 Å². The van der Waals surface area contributed by atoms with E-state index in [1.807, 2.05) is 18.2 Å². The second-order valence-electron chi connectivity index (χ2n) is 4.53. The number of hydrogen-bond acceptors (Lipinski definition) is 5. The van der Waals surface area contributed by atoms with Crippen LogP contribution in [-0.2, 0) is 6.42 Å². The third kappa shape index (κ3) is 5.28. The predicted molar refractivity (Wildman–Crippen MR) is 85.9 cm³/mol. The Labute approximate surface area is 129 Å². The number of benzene rings is 1. The van der Waals surface area contributed by atoms with Gasteiger partial charge in [-0.1, -0.05) is 0 Å². The van der Waals surface area contributed by atoms with Gasteiger partial charge >= 0.3 is 0 Å². The summed E-state index contributed by atoms with van der Waals surface area (Å²) in [7, 11) is 3.26. The Morgan fingerprint density at radius 3 is 2.33 bits per heavy atom. The first-order chi connectivity index (χ1) is 10.3. The lowest BCUT2D eigenvalue weighted by Crippen LogP contribution is -2.23. The number of hydrogen-bond donors (Lipinski definition) is 1. The van der Waals surface area contributed by atoms with Crippen LogP contribution in [0.4, 0.5) is 0 Å². The van der Waals surface area contributed by atoms with Crippen molar-refractivity contribution in [3.05, 3.63) is 40.6 Å². The number of rotatable bonds is 9. The molecule has 0 amide bonds. The Morgan fingerprint density at radius 1 is 1.00 bits per heavy atom. The lowest BCUT2D eigenvalue weighted by molar-refractivity contribution is 0.308. The van der Waals surface area contributed by atoms with Crippen LogP contribution in [0.3, 0.4) is 0 Å². The van der Waals surface area contributed by atoms with E-state index in [2.05, 4.69) is 22.1 Å². The van der Waals surface area contributed by atoms with Crippen LogP contribution in [-0.4, -0.2) is 33.9 Å². The molecule has 1 N–H and O–H groups in total. The standard InChI is InChI=1S/C16H21NO3S/c1-18-14-9-15(19-2)11-16(10-14)20-7-6-17-5-3-13-4-8-21-12-13/h4,8-12,17H,3,5-7H2,1-2H3. The highest BCUT2D eigenvalue weighted by atomic mass is 32.1. The minimum Gasteiger partial charge on any atom is -0.496 e. The number of nitrogens with one attached hydrogen (secondary N) is 1. The van der Waals surface area contributed by atoms with Crippen molar-refractivity contribution in [2.45, 2.75) is 6.42 Å². The molecule has 0 aliphatic carbocycles. The topological polar surface area (TPSA) is 39.7 Å². The Hall–Kier alpha value is -1.72. The van der Waals surface area contributed by atoms with Crippen LogP contribution in [0.5, 0.6) is 17.2 Å². The molecule has 4 nitrogen and oxygen atoms in total. The summed E-state index contributed by atoms with van der Waals surface area (Å²) >= 11 is 1.74. The third-order valence-electron chi connectivity index (χ3n) is 3.04. The molecule has 0 aliphatic heterocycles. The van der Waals surface area contributed by atoms with E-state index in [1.54, 1.807) is 25.6 Å². The Balaban J connectivity index is 1.68. The van der Waals surface area contributed by atoms with Gasteiger partial charge in [-0.05, 0) is 35.4 Å². The van der Waals surface area contributed by atoms with Crippen molar-refractivity contribution in [1.29, 1.82) is 0 Å². The summed E-state index contributed by atoms with van der Waals surface area (Å²) in [5.41, 5.74) is 1.38. The van der Waals surface area contributed by atoms with Crippen LogP contribution >= 0.6 is 11.3 Å². The summed E-state index contributed by atoms with van der Waals surface area (Å²) in [5.74, 6) is 2.22. The number of thiophene rings is 1. The molecule has 1 heterocycles. The van der Waals surface area contributed by atoms with E-state index >= 15 is 0 Å². The molecule has 0 bridgehead atoms. The van der Waals surface area contributed by atoms with Crippen LogP contribution in [0.2, 0.25) is 0 Å². The minimum absolute atomic E-state index is 0.611. The van der Waals surface area contributed by atoms with Gasteiger partial charge in [0, 0.05) is 24.7 Å². The molecule has 114 valence electrons. The molecule has 2 rings (SSSR count). The van der Waals surface area contributed by atoms with E-state index in [4.69, 9.17) is 14.2 Å². The molecule has 0 unspecified atom stereocenters. The van der Waals surface area contributed by atoms with Gasteiger partial charge < -0.3 is 19.5 Å². The summed E-state index contributed by atoms with van der Waals surface area (Å²) < 4.78 is 16.1. The van der Waals surface area contributed by atoms with Crippen molar-refractivity contribution in [1.82, 2.24) is 5.32 Å². The Bertz CT molecular complexity index is 506. The summed E-state index contributed by atoms with van der Waals surface area (Å²) in [6, 6.07) is 7.69. The highest BCUT2D eigenvalue weighted by Crippen LogP contribution is 2.27. The van der Waals surface area contributed by atoms with Crippen molar-refractivity contribution in [3.63, 3.8) is 0 Å². The molecule has 0 spiro atoms. The van der Waals surface area contributed by atoms with Gasteiger partial charge in [0.25, 0.3) is 0 Å². The van der Waals surface area contributed by atoms with Gasteiger partial charge in [0.2, 0.25) is 0 Å². The maximum Gasteiger partial charge on any atom is 0.126 e. The zero-order valence-corrected chi connectivity index (χ0v) is 13.2. The predicted octanol–water partition coefficient (Wildman–Crippen LogP) is 2.98.